The molecule has 2 rings (SSSR count). The Bertz CT molecular complexity index is 411. The van der Waals surface area contributed by atoms with Crippen molar-refractivity contribution in [3.05, 3.63) is 23.9 Å². The minimum atomic E-state index is 0.187. The highest BCUT2D eigenvalue weighted by atomic mass is 16.1. The summed E-state index contributed by atoms with van der Waals surface area (Å²) in [7, 11) is 0. The second-order valence-corrected chi connectivity index (χ2v) is 5.14. The van der Waals surface area contributed by atoms with Crippen molar-refractivity contribution in [1.82, 2.24) is 4.98 Å². The van der Waals surface area contributed by atoms with Gasteiger partial charge >= 0.3 is 0 Å². The average Bonchev–Trinajstić information content (AvgIpc) is 2.41. The molecule has 1 fully saturated rings. The van der Waals surface area contributed by atoms with Crippen molar-refractivity contribution in [3.8, 4) is 0 Å². The molecule has 1 aliphatic carbocycles. The molecule has 18 heavy (non-hydrogen) atoms. The Kier molecular flexibility index (Phi) is 4.31. The maximum atomic E-state index is 12.2. The molecular formula is C14H21N3O. The first-order chi connectivity index (χ1) is 8.70. The highest BCUT2D eigenvalue weighted by Crippen LogP contribution is 2.29. The van der Waals surface area contributed by atoms with Crippen LogP contribution in [0.4, 0.5) is 5.82 Å². The maximum absolute atomic E-state index is 12.2. The molecule has 0 saturated heterocycles. The van der Waals surface area contributed by atoms with Gasteiger partial charge in [0.2, 0.25) is 0 Å². The summed E-state index contributed by atoms with van der Waals surface area (Å²) in [5.74, 6) is 1.57. The van der Waals surface area contributed by atoms with Gasteiger partial charge in [0.1, 0.15) is 11.6 Å². The van der Waals surface area contributed by atoms with Gasteiger partial charge in [0.15, 0.2) is 0 Å². The Morgan fingerprint density at radius 1 is 1.33 bits per heavy atom. The number of carbonyl (C=O) groups is 1. The van der Waals surface area contributed by atoms with E-state index in [-0.39, 0.29) is 5.92 Å². The van der Waals surface area contributed by atoms with E-state index in [1.165, 1.54) is 0 Å². The molecule has 4 heteroatoms. The largest absolute Gasteiger partial charge is 0.383 e. The molecule has 1 aliphatic rings. The van der Waals surface area contributed by atoms with E-state index in [2.05, 4.69) is 4.98 Å². The van der Waals surface area contributed by atoms with E-state index in [0.717, 1.165) is 37.8 Å². The molecule has 4 N–H and O–H groups in total. The van der Waals surface area contributed by atoms with Crippen molar-refractivity contribution < 1.29 is 4.79 Å². The minimum Gasteiger partial charge on any atom is -0.383 e. The minimum absolute atomic E-state index is 0.187. The highest BCUT2D eigenvalue weighted by Gasteiger charge is 2.25. The molecular weight excluding hydrogens is 226 g/mol. The van der Waals surface area contributed by atoms with Crippen molar-refractivity contribution in [2.45, 2.75) is 32.1 Å². The van der Waals surface area contributed by atoms with E-state index in [9.17, 15) is 4.79 Å². The van der Waals surface area contributed by atoms with Gasteiger partial charge in [0.05, 0.1) is 0 Å². The van der Waals surface area contributed by atoms with Crippen molar-refractivity contribution in [2.75, 3.05) is 12.3 Å². The lowest BCUT2D eigenvalue weighted by atomic mass is 9.79. The number of nitrogens with zero attached hydrogens (tertiary/aromatic N) is 1. The molecule has 0 atom stereocenters. The monoisotopic (exact) mass is 247 g/mol. The van der Waals surface area contributed by atoms with Crippen molar-refractivity contribution in [1.29, 1.82) is 0 Å². The van der Waals surface area contributed by atoms with Crippen LogP contribution in [0.1, 0.15) is 31.2 Å². The average molecular weight is 247 g/mol. The van der Waals surface area contributed by atoms with E-state index >= 15 is 0 Å². The zero-order valence-corrected chi connectivity index (χ0v) is 10.6. The number of hydrogen-bond donors (Lipinski definition) is 2. The van der Waals surface area contributed by atoms with Crippen LogP contribution in [0.2, 0.25) is 0 Å². The van der Waals surface area contributed by atoms with Crippen LogP contribution in [0.15, 0.2) is 18.3 Å². The van der Waals surface area contributed by atoms with E-state index in [4.69, 9.17) is 11.5 Å². The summed E-state index contributed by atoms with van der Waals surface area (Å²) in [5.41, 5.74) is 12.3. The lowest BCUT2D eigenvalue weighted by Gasteiger charge is -2.26. The number of rotatable bonds is 4. The molecule has 0 radical (unpaired) electrons. The molecule has 4 nitrogen and oxygen atoms in total. The molecule has 0 aliphatic heterocycles. The molecule has 1 aromatic heterocycles. The predicted molar refractivity (Wildman–Crippen MR) is 71.9 cm³/mol. The van der Waals surface area contributed by atoms with Gasteiger partial charge in [-0.15, -0.1) is 0 Å². The Morgan fingerprint density at radius 3 is 2.67 bits per heavy atom. The van der Waals surface area contributed by atoms with E-state index in [0.29, 0.717) is 23.9 Å². The Hall–Kier alpha value is -1.42. The van der Waals surface area contributed by atoms with E-state index in [1.807, 2.05) is 12.1 Å². The first-order valence-electron chi connectivity index (χ1n) is 6.63. The molecule has 1 aromatic rings. The second-order valence-electron chi connectivity index (χ2n) is 5.14. The van der Waals surface area contributed by atoms with Gasteiger partial charge in [-0.1, -0.05) is 6.07 Å². The Labute approximate surface area is 108 Å². The number of nitrogens with two attached hydrogens (primary N) is 2. The van der Waals surface area contributed by atoms with Gasteiger partial charge in [-0.25, -0.2) is 4.98 Å². The van der Waals surface area contributed by atoms with Crippen LogP contribution in [0.25, 0.3) is 0 Å². The summed E-state index contributed by atoms with van der Waals surface area (Å²) in [6.45, 7) is 0.746. The lowest BCUT2D eigenvalue weighted by molar-refractivity contribution is -0.123. The molecule has 0 aromatic carbocycles. The third-order valence-corrected chi connectivity index (χ3v) is 3.93. The fourth-order valence-corrected chi connectivity index (χ4v) is 2.65. The molecule has 0 spiro atoms. The molecule has 0 bridgehead atoms. The third-order valence-electron chi connectivity index (χ3n) is 3.93. The normalized spacial score (nSPS) is 23.8. The highest BCUT2D eigenvalue weighted by molar-refractivity contribution is 5.84. The van der Waals surface area contributed by atoms with Crippen molar-refractivity contribution in [2.24, 2.45) is 17.6 Å². The first-order valence-corrected chi connectivity index (χ1v) is 6.63. The number of aromatic nitrogens is 1. The summed E-state index contributed by atoms with van der Waals surface area (Å²) >= 11 is 0. The summed E-state index contributed by atoms with van der Waals surface area (Å²) in [4.78, 5) is 16.2. The fourth-order valence-electron chi connectivity index (χ4n) is 2.65. The van der Waals surface area contributed by atoms with Crippen LogP contribution in [0.5, 0.6) is 0 Å². The predicted octanol–water partition coefficient (Wildman–Crippen LogP) is 1.54. The lowest BCUT2D eigenvalue weighted by Crippen LogP contribution is -2.26. The summed E-state index contributed by atoms with van der Waals surface area (Å²) in [6, 6.07) is 3.70. The third kappa shape index (κ3) is 3.07. The number of nitrogen functional groups attached to an aromatic ring is 1. The van der Waals surface area contributed by atoms with E-state index in [1.54, 1.807) is 6.20 Å². The Morgan fingerprint density at radius 2 is 2.06 bits per heavy atom. The summed E-state index contributed by atoms with van der Waals surface area (Å²) in [5, 5.41) is 0. The number of carbonyl (C=O) groups excluding carboxylic acids is 1. The van der Waals surface area contributed by atoms with Crippen molar-refractivity contribution in [3.63, 3.8) is 0 Å². The van der Waals surface area contributed by atoms with Gasteiger partial charge < -0.3 is 11.5 Å². The number of pyridine rings is 1. The second kappa shape index (κ2) is 5.96. The van der Waals surface area contributed by atoms with Gasteiger partial charge in [-0.3, -0.25) is 4.79 Å². The van der Waals surface area contributed by atoms with E-state index < -0.39 is 0 Å². The van der Waals surface area contributed by atoms with Gasteiger partial charge in [0, 0.05) is 24.1 Å². The van der Waals surface area contributed by atoms with Crippen LogP contribution in [0.3, 0.4) is 0 Å². The maximum Gasteiger partial charge on any atom is 0.140 e. The zero-order valence-electron chi connectivity index (χ0n) is 10.6. The molecule has 0 amide bonds. The Balaban J connectivity index is 1.91. The van der Waals surface area contributed by atoms with Crippen LogP contribution in [0, 0.1) is 11.8 Å². The van der Waals surface area contributed by atoms with Crippen LogP contribution < -0.4 is 11.5 Å². The van der Waals surface area contributed by atoms with Gasteiger partial charge in [-0.2, -0.15) is 0 Å². The number of anilines is 1. The van der Waals surface area contributed by atoms with Crippen molar-refractivity contribution >= 4 is 11.6 Å². The topological polar surface area (TPSA) is 82.0 Å². The van der Waals surface area contributed by atoms with Crippen LogP contribution in [-0.4, -0.2) is 17.3 Å². The standard InChI is InChI=1S/C14H21N3O/c15-9-10-3-5-11(6-4-10)13(18)8-12-2-1-7-17-14(12)16/h1-2,7,10-11H,3-6,8-9,15H2,(H2,16,17). The number of hydrogen-bond acceptors (Lipinski definition) is 4. The summed E-state index contributed by atoms with van der Waals surface area (Å²) < 4.78 is 0. The SMILES string of the molecule is NCC1CCC(C(=O)Cc2cccnc2N)CC1. The number of ketones is 1. The van der Waals surface area contributed by atoms with Gasteiger partial charge in [0.25, 0.3) is 0 Å². The quantitative estimate of drug-likeness (QED) is 0.845. The van der Waals surface area contributed by atoms with Crippen LogP contribution >= 0.6 is 0 Å². The van der Waals surface area contributed by atoms with Gasteiger partial charge in [-0.05, 0) is 44.2 Å². The molecule has 1 saturated carbocycles. The van der Waals surface area contributed by atoms with Crippen LogP contribution in [-0.2, 0) is 11.2 Å². The molecule has 0 unspecified atom stereocenters. The molecule has 98 valence electrons. The first kappa shape index (κ1) is 13.0. The zero-order chi connectivity index (χ0) is 13.0. The smallest absolute Gasteiger partial charge is 0.140 e. The summed E-state index contributed by atoms with van der Waals surface area (Å²) in [6.07, 6.45) is 6.17. The fraction of sp³-hybridized carbons (Fsp3) is 0.571. The molecule has 1 heterocycles. The number of Topliss-reactive ketones (excluding diaryl/α,β-unsaturated/α-hetero) is 1.